The van der Waals surface area contributed by atoms with Crippen LogP contribution in [-0.4, -0.2) is 21.9 Å². The molecule has 0 bridgehead atoms. The number of aromatic nitrogens is 2. The monoisotopic (exact) mass is 370 g/mol. The third kappa shape index (κ3) is 3.84. The fraction of sp³-hybridized carbons (Fsp3) is 0.118. The second kappa shape index (κ2) is 6.75. The van der Waals surface area contributed by atoms with Crippen molar-refractivity contribution in [3.05, 3.63) is 64.8 Å². The first kappa shape index (κ1) is 15.4. The van der Waals surface area contributed by atoms with Crippen LogP contribution >= 0.6 is 15.9 Å². The lowest BCUT2D eigenvalue weighted by atomic mass is 10.0. The first-order valence-electron chi connectivity index (χ1n) is 7.15. The predicted molar refractivity (Wildman–Crippen MR) is 93.6 cm³/mol. The topological polar surface area (TPSA) is 80.9 Å². The van der Waals surface area contributed by atoms with Gasteiger partial charge in [0, 0.05) is 21.8 Å². The van der Waals surface area contributed by atoms with Gasteiger partial charge in [-0.1, -0.05) is 46.3 Å². The van der Waals surface area contributed by atoms with Crippen molar-refractivity contribution in [3.63, 3.8) is 0 Å². The zero-order valence-electron chi connectivity index (χ0n) is 12.2. The van der Waals surface area contributed by atoms with Crippen LogP contribution in [0.1, 0.15) is 6.42 Å². The summed E-state index contributed by atoms with van der Waals surface area (Å²) in [5, 5.41) is 3.25. The molecule has 6 heteroatoms. The molecule has 5 nitrogen and oxygen atoms in total. The second-order valence-corrected chi connectivity index (χ2v) is 6.06. The highest BCUT2D eigenvalue weighted by atomic mass is 79.9. The number of nitrogens with one attached hydrogen (secondary N) is 1. The van der Waals surface area contributed by atoms with Crippen molar-refractivity contribution in [2.75, 3.05) is 5.32 Å². The quantitative estimate of drug-likeness (QED) is 0.866. The molecule has 0 spiro atoms. The molecule has 1 aromatic carbocycles. The Morgan fingerprint density at radius 2 is 2.04 bits per heavy atom. The maximum Gasteiger partial charge on any atom is 0.248 e. The Morgan fingerprint density at radius 1 is 1.26 bits per heavy atom. The number of rotatable bonds is 4. The summed E-state index contributed by atoms with van der Waals surface area (Å²) in [5.74, 6) is 0.143. The highest BCUT2D eigenvalue weighted by Crippen LogP contribution is 2.21. The molecule has 1 aromatic heterocycles. The van der Waals surface area contributed by atoms with E-state index in [1.807, 2.05) is 42.5 Å². The summed E-state index contributed by atoms with van der Waals surface area (Å²) in [6.07, 6.45) is 7.83. The number of anilines is 1. The van der Waals surface area contributed by atoms with E-state index in [1.165, 1.54) is 0 Å². The second-order valence-electron chi connectivity index (χ2n) is 5.14. The van der Waals surface area contributed by atoms with Gasteiger partial charge in [0.15, 0.2) is 0 Å². The summed E-state index contributed by atoms with van der Waals surface area (Å²) in [4.78, 5) is 19.9. The van der Waals surface area contributed by atoms with E-state index in [0.29, 0.717) is 17.9 Å². The number of carbonyl (C=O) groups is 1. The molecule has 3 N–H and O–H groups in total. The lowest BCUT2D eigenvalue weighted by Crippen LogP contribution is -2.22. The Bertz CT molecular complexity index is 783. The van der Waals surface area contributed by atoms with Gasteiger partial charge < -0.3 is 11.1 Å². The number of primary amides is 1. The van der Waals surface area contributed by atoms with E-state index >= 15 is 0 Å². The molecule has 116 valence electrons. The number of halogens is 1. The number of hydrogen-bond acceptors (Lipinski definition) is 4. The Kier molecular flexibility index (Phi) is 4.52. The summed E-state index contributed by atoms with van der Waals surface area (Å²) in [5.41, 5.74) is 7.66. The van der Waals surface area contributed by atoms with Crippen molar-refractivity contribution in [2.45, 2.75) is 12.5 Å². The average molecular weight is 371 g/mol. The molecule has 3 rings (SSSR count). The highest BCUT2D eigenvalue weighted by molar-refractivity contribution is 9.10. The zero-order chi connectivity index (χ0) is 16.2. The minimum atomic E-state index is -0.409. The van der Waals surface area contributed by atoms with Crippen LogP contribution in [0.3, 0.4) is 0 Å². The van der Waals surface area contributed by atoms with E-state index in [9.17, 15) is 4.79 Å². The summed E-state index contributed by atoms with van der Waals surface area (Å²) in [6.45, 7) is 0. The van der Waals surface area contributed by atoms with E-state index < -0.39 is 5.91 Å². The lowest BCUT2D eigenvalue weighted by molar-refractivity contribution is -0.114. The lowest BCUT2D eigenvalue weighted by Gasteiger charge is -2.17. The zero-order valence-corrected chi connectivity index (χ0v) is 13.8. The van der Waals surface area contributed by atoms with Crippen molar-refractivity contribution >= 4 is 27.8 Å². The molecule has 0 radical (unpaired) electrons. The minimum absolute atomic E-state index is 0.0401. The Hall–Kier alpha value is -2.47. The van der Waals surface area contributed by atoms with Gasteiger partial charge in [-0.3, -0.25) is 4.79 Å². The number of carbonyl (C=O) groups excluding carboxylic acids is 1. The van der Waals surface area contributed by atoms with Crippen LogP contribution in [0.2, 0.25) is 0 Å². The molecule has 1 aliphatic carbocycles. The Labute approximate surface area is 142 Å². The molecule has 0 saturated heterocycles. The SMILES string of the molecule is NC(=O)C1=CCC(Nc2nccc(-c3ccc(Br)cc3)n2)C=C1. The van der Waals surface area contributed by atoms with Gasteiger partial charge in [0.25, 0.3) is 0 Å². The van der Waals surface area contributed by atoms with Crippen LogP contribution in [0, 0.1) is 0 Å². The van der Waals surface area contributed by atoms with Crippen LogP contribution in [0.4, 0.5) is 5.95 Å². The highest BCUT2D eigenvalue weighted by Gasteiger charge is 2.12. The summed E-state index contributed by atoms with van der Waals surface area (Å²) < 4.78 is 1.03. The molecule has 23 heavy (non-hydrogen) atoms. The van der Waals surface area contributed by atoms with E-state index in [1.54, 1.807) is 12.3 Å². The number of amides is 1. The van der Waals surface area contributed by atoms with Gasteiger partial charge in [-0.2, -0.15) is 0 Å². The van der Waals surface area contributed by atoms with Crippen molar-refractivity contribution < 1.29 is 4.79 Å². The van der Waals surface area contributed by atoms with Crippen LogP contribution in [0.25, 0.3) is 11.3 Å². The van der Waals surface area contributed by atoms with Crippen LogP contribution in [-0.2, 0) is 4.79 Å². The van der Waals surface area contributed by atoms with Crippen molar-refractivity contribution in [3.8, 4) is 11.3 Å². The molecular formula is C17H15BrN4O. The van der Waals surface area contributed by atoms with Crippen molar-refractivity contribution in [2.24, 2.45) is 5.73 Å². The smallest absolute Gasteiger partial charge is 0.248 e. The molecule has 1 atom stereocenters. The minimum Gasteiger partial charge on any atom is -0.366 e. The van der Waals surface area contributed by atoms with E-state index in [-0.39, 0.29) is 6.04 Å². The fourth-order valence-corrected chi connectivity index (χ4v) is 2.55. The maximum atomic E-state index is 11.1. The molecule has 1 heterocycles. The number of hydrogen-bond donors (Lipinski definition) is 2. The van der Waals surface area contributed by atoms with Gasteiger partial charge in [0.05, 0.1) is 11.7 Å². The molecule has 0 aliphatic heterocycles. The third-order valence-electron chi connectivity index (χ3n) is 3.49. The predicted octanol–water partition coefficient (Wildman–Crippen LogP) is 3.06. The summed E-state index contributed by atoms with van der Waals surface area (Å²) in [6, 6.07) is 9.86. The van der Waals surface area contributed by atoms with Crippen molar-refractivity contribution in [1.82, 2.24) is 9.97 Å². The van der Waals surface area contributed by atoms with Crippen LogP contribution < -0.4 is 11.1 Å². The fourth-order valence-electron chi connectivity index (χ4n) is 2.29. The molecule has 0 saturated carbocycles. The number of benzene rings is 1. The van der Waals surface area contributed by atoms with Crippen LogP contribution in [0.15, 0.2) is 64.8 Å². The van der Waals surface area contributed by atoms with Crippen LogP contribution in [0.5, 0.6) is 0 Å². The van der Waals surface area contributed by atoms with Gasteiger partial charge in [0.2, 0.25) is 11.9 Å². The first-order valence-corrected chi connectivity index (χ1v) is 7.95. The standard InChI is InChI=1S/C17H15BrN4O/c18-13-5-1-11(2-6-13)15-9-10-20-17(22-15)21-14-7-3-12(4-8-14)16(19)23/h1-7,9-10,14H,8H2,(H2,19,23)(H,20,21,22). The molecule has 1 aliphatic rings. The average Bonchev–Trinajstić information content (AvgIpc) is 2.56. The largest absolute Gasteiger partial charge is 0.366 e. The summed E-state index contributed by atoms with van der Waals surface area (Å²) >= 11 is 3.42. The molecule has 0 fully saturated rings. The first-order chi connectivity index (χ1) is 11.1. The molecule has 1 unspecified atom stereocenters. The third-order valence-corrected chi connectivity index (χ3v) is 4.02. The Morgan fingerprint density at radius 3 is 2.70 bits per heavy atom. The maximum absolute atomic E-state index is 11.1. The van der Waals surface area contributed by atoms with Gasteiger partial charge in [-0.15, -0.1) is 0 Å². The van der Waals surface area contributed by atoms with Gasteiger partial charge in [-0.25, -0.2) is 9.97 Å². The number of nitrogens with zero attached hydrogens (tertiary/aromatic N) is 2. The number of nitrogens with two attached hydrogens (primary N) is 1. The van der Waals surface area contributed by atoms with Gasteiger partial charge in [-0.05, 0) is 24.6 Å². The summed E-state index contributed by atoms with van der Waals surface area (Å²) in [7, 11) is 0. The molecule has 2 aromatic rings. The normalized spacial score (nSPS) is 16.7. The van der Waals surface area contributed by atoms with E-state index in [0.717, 1.165) is 15.7 Å². The van der Waals surface area contributed by atoms with Gasteiger partial charge in [0.1, 0.15) is 0 Å². The molecule has 1 amide bonds. The van der Waals surface area contributed by atoms with E-state index in [2.05, 4.69) is 31.2 Å². The molecular weight excluding hydrogens is 356 g/mol. The van der Waals surface area contributed by atoms with Gasteiger partial charge >= 0.3 is 0 Å². The Balaban J connectivity index is 1.73. The van der Waals surface area contributed by atoms with Crippen molar-refractivity contribution in [1.29, 1.82) is 0 Å². The van der Waals surface area contributed by atoms with E-state index in [4.69, 9.17) is 5.73 Å².